The lowest BCUT2D eigenvalue weighted by Crippen LogP contribution is -2.49. The second-order valence-electron chi connectivity index (χ2n) is 7.57. The second kappa shape index (κ2) is 7.25. The molecular weight excluding hydrogens is 362 g/mol. The molecule has 146 valence electrons. The fraction of sp³-hybridized carbons (Fsp3) is 0.273. The van der Waals surface area contributed by atoms with Gasteiger partial charge in [0.15, 0.2) is 5.65 Å². The maximum atomic E-state index is 4.98. The summed E-state index contributed by atoms with van der Waals surface area (Å²) in [5.41, 5.74) is 5.88. The summed E-state index contributed by atoms with van der Waals surface area (Å²) in [6, 6.07) is 14.9. The average molecular weight is 385 g/mol. The number of hydrogen-bond acceptors (Lipinski definition) is 6. The number of imidazole rings is 1. The standard InChI is InChI=1S/C22H23N7/c1-15-3-5-17(6-4-15)21-22(18-9-10-24-25-13-18)29-19(26-21)7-8-20(27-29)28-12-11-23-16(2)14-28/h3-10,13,16,23H,11-12,14H2,1-2H3/t16-/m1/s1. The van der Waals surface area contributed by atoms with Gasteiger partial charge in [0, 0.05) is 36.8 Å². The molecule has 0 amide bonds. The van der Waals surface area contributed by atoms with Gasteiger partial charge in [-0.3, -0.25) is 0 Å². The highest BCUT2D eigenvalue weighted by atomic mass is 15.3. The predicted molar refractivity (Wildman–Crippen MR) is 114 cm³/mol. The molecule has 0 aliphatic carbocycles. The smallest absolute Gasteiger partial charge is 0.155 e. The largest absolute Gasteiger partial charge is 0.352 e. The Balaban J connectivity index is 1.69. The summed E-state index contributed by atoms with van der Waals surface area (Å²) < 4.78 is 1.94. The zero-order valence-electron chi connectivity index (χ0n) is 16.6. The van der Waals surface area contributed by atoms with Crippen molar-refractivity contribution in [2.75, 3.05) is 24.5 Å². The molecule has 0 spiro atoms. The van der Waals surface area contributed by atoms with E-state index in [2.05, 4.69) is 64.6 Å². The highest BCUT2D eigenvalue weighted by molar-refractivity contribution is 5.81. The topological polar surface area (TPSA) is 71.2 Å². The third kappa shape index (κ3) is 3.34. The summed E-state index contributed by atoms with van der Waals surface area (Å²) >= 11 is 0. The molecule has 5 rings (SSSR count). The van der Waals surface area contributed by atoms with Gasteiger partial charge in [-0.1, -0.05) is 29.8 Å². The van der Waals surface area contributed by atoms with Crippen LogP contribution in [-0.2, 0) is 0 Å². The lowest BCUT2D eigenvalue weighted by Gasteiger charge is -2.32. The SMILES string of the molecule is Cc1ccc(-c2nc3ccc(N4CCN[C@H](C)C4)nn3c2-c2ccnnc2)cc1. The van der Waals surface area contributed by atoms with Crippen molar-refractivity contribution in [2.45, 2.75) is 19.9 Å². The summed E-state index contributed by atoms with van der Waals surface area (Å²) in [5, 5.41) is 16.5. The van der Waals surface area contributed by atoms with Crippen molar-refractivity contribution in [3.8, 4) is 22.5 Å². The van der Waals surface area contributed by atoms with Gasteiger partial charge in [-0.25, -0.2) is 9.50 Å². The minimum atomic E-state index is 0.441. The first kappa shape index (κ1) is 17.8. The molecular formula is C22H23N7. The van der Waals surface area contributed by atoms with Crippen LogP contribution >= 0.6 is 0 Å². The van der Waals surface area contributed by atoms with Crippen LogP contribution in [0.2, 0.25) is 0 Å². The molecule has 4 aromatic rings. The first-order valence-corrected chi connectivity index (χ1v) is 9.91. The monoisotopic (exact) mass is 385 g/mol. The van der Waals surface area contributed by atoms with E-state index in [0.717, 1.165) is 53.6 Å². The number of hydrogen-bond donors (Lipinski definition) is 1. The second-order valence-corrected chi connectivity index (χ2v) is 7.57. The molecule has 29 heavy (non-hydrogen) atoms. The summed E-state index contributed by atoms with van der Waals surface area (Å²) in [6.45, 7) is 7.12. The summed E-state index contributed by atoms with van der Waals surface area (Å²) in [6.07, 6.45) is 3.47. The number of nitrogens with zero attached hydrogens (tertiary/aromatic N) is 6. The van der Waals surface area contributed by atoms with Crippen LogP contribution in [0.1, 0.15) is 12.5 Å². The highest BCUT2D eigenvalue weighted by Gasteiger charge is 2.21. The Morgan fingerprint density at radius 1 is 1.00 bits per heavy atom. The molecule has 1 atom stereocenters. The van der Waals surface area contributed by atoms with Gasteiger partial charge in [0.2, 0.25) is 0 Å². The summed E-state index contributed by atoms with van der Waals surface area (Å²) in [5.74, 6) is 0.960. The first-order valence-electron chi connectivity index (χ1n) is 9.91. The van der Waals surface area contributed by atoms with Crippen LogP contribution < -0.4 is 10.2 Å². The van der Waals surface area contributed by atoms with Gasteiger partial charge in [-0.05, 0) is 32.0 Å². The zero-order valence-corrected chi connectivity index (χ0v) is 16.6. The van der Waals surface area contributed by atoms with Crippen LogP contribution in [0, 0.1) is 6.92 Å². The van der Waals surface area contributed by atoms with E-state index in [-0.39, 0.29) is 0 Å². The molecule has 0 saturated carbocycles. The van der Waals surface area contributed by atoms with Crippen molar-refractivity contribution >= 4 is 11.5 Å². The Labute approximate surface area is 169 Å². The molecule has 3 aromatic heterocycles. The number of fused-ring (bicyclic) bond motifs is 1. The number of aryl methyl sites for hydroxylation is 1. The van der Waals surface area contributed by atoms with Crippen LogP contribution in [0.4, 0.5) is 5.82 Å². The van der Waals surface area contributed by atoms with Crippen LogP contribution in [0.15, 0.2) is 54.9 Å². The maximum absolute atomic E-state index is 4.98. The summed E-state index contributed by atoms with van der Waals surface area (Å²) in [7, 11) is 0. The third-order valence-corrected chi connectivity index (χ3v) is 5.34. The molecule has 0 radical (unpaired) electrons. The number of piperazine rings is 1. The van der Waals surface area contributed by atoms with E-state index in [1.54, 1.807) is 12.4 Å². The van der Waals surface area contributed by atoms with Crippen molar-refractivity contribution in [3.63, 3.8) is 0 Å². The number of aromatic nitrogens is 5. The summed E-state index contributed by atoms with van der Waals surface area (Å²) in [4.78, 5) is 7.23. The minimum absolute atomic E-state index is 0.441. The Hall–Kier alpha value is -3.32. The molecule has 0 bridgehead atoms. The van der Waals surface area contributed by atoms with Crippen molar-refractivity contribution in [2.24, 2.45) is 0 Å². The van der Waals surface area contributed by atoms with Gasteiger partial charge in [0.05, 0.1) is 18.1 Å². The van der Waals surface area contributed by atoms with Crippen molar-refractivity contribution in [1.82, 2.24) is 30.1 Å². The molecule has 1 aliphatic heterocycles. The normalized spacial score (nSPS) is 17.0. The fourth-order valence-electron chi connectivity index (χ4n) is 3.84. The van der Waals surface area contributed by atoms with Gasteiger partial charge >= 0.3 is 0 Å². The predicted octanol–water partition coefficient (Wildman–Crippen LogP) is 2.96. The number of anilines is 1. The first-order chi connectivity index (χ1) is 14.2. The molecule has 0 unspecified atom stereocenters. The molecule has 7 nitrogen and oxygen atoms in total. The minimum Gasteiger partial charge on any atom is -0.352 e. The maximum Gasteiger partial charge on any atom is 0.155 e. The molecule has 4 heterocycles. The van der Waals surface area contributed by atoms with E-state index in [1.807, 2.05) is 16.6 Å². The van der Waals surface area contributed by atoms with E-state index in [1.165, 1.54) is 5.56 Å². The number of benzene rings is 1. The van der Waals surface area contributed by atoms with Crippen LogP contribution in [-0.4, -0.2) is 50.5 Å². The molecule has 1 aliphatic rings. The Morgan fingerprint density at radius 2 is 1.86 bits per heavy atom. The van der Waals surface area contributed by atoms with Crippen molar-refractivity contribution in [1.29, 1.82) is 0 Å². The van der Waals surface area contributed by atoms with Gasteiger partial charge in [0.25, 0.3) is 0 Å². The molecule has 7 heteroatoms. The van der Waals surface area contributed by atoms with E-state index < -0.39 is 0 Å². The zero-order chi connectivity index (χ0) is 19.8. The van der Waals surface area contributed by atoms with E-state index >= 15 is 0 Å². The molecule has 1 aromatic carbocycles. The average Bonchev–Trinajstić information content (AvgIpc) is 3.13. The Morgan fingerprint density at radius 3 is 2.62 bits per heavy atom. The number of rotatable bonds is 3. The van der Waals surface area contributed by atoms with Crippen LogP contribution in [0.5, 0.6) is 0 Å². The molecule has 1 saturated heterocycles. The lowest BCUT2D eigenvalue weighted by atomic mass is 10.1. The third-order valence-electron chi connectivity index (χ3n) is 5.34. The molecule has 1 N–H and O–H groups in total. The Kier molecular flexibility index (Phi) is 4.44. The fourth-order valence-corrected chi connectivity index (χ4v) is 3.84. The van der Waals surface area contributed by atoms with Gasteiger partial charge in [-0.15, -0.1) is 5.10 Å². The van der Waals surface area contributed by atoms with Gasteiger partial charge < -0.3 is 10.2 Å². The van der Waals surface area contributed by atoms with E-state index in [9.17, 15) is 0 Å². The Bertz CT molecular complexity index is 1140. The highest BCUT2D eigenvalue weighted by Crippen LogP contribution is 2.32. The lowest BCUT2D eigenvalue weighted by molar-refractivity contribution is 0.481. The van der Waals surface area contributed by atoms with Crippen molar-refractivity contribution in [3.05, 3.63) is 60.4 Å². The quantitative estimate of drug-likeness (QED) is 0.585. The van der Waals surface area contributed by atoms with Gasteiger partial charge in [-0.2, -0.15) is 10.2 Å². The van der Waals surface area contributed by atoms with Crippen LogP contribution in [0.3, 0.4) is 0 Å². The van der Waals surface area contributed by atoms with E-state index in [4.69, 9.17) is 10.1 Å². The number of nitrogens with one attached hydrogen (secondary N) is 1. The van der Waals surface area contributed by atoms with Gasteiger partial charge in [0.1, 0.15) is 11.5 Å². The molecule has 1 fully saturated rings. The van der Waals surface area contributed by atoms with E-state index in [0.29, 0.717) is 6.04 Å². The van der Waals surface area contributed by atoms with Crippen molar-refractivity contribution < 1.29 is 0 Å². The van der Waals surface area contributed by atoms with Crippen LogP contribution in [0.25, 0.3) is 28.2 Å².